The molecule has 1 unspecified atom stereocenters. The van der Waals surface area contributed by atoms with Gasteiger partial charge >= 0.3 is 5.97 Å². The maximum Gasteiger partial charge on any atom is 0.331 e. The minimum Gasteiger partial charge on any atom is -0.464 e. The first-order valence-corrected chi connectivity index (χ1v) is 5.65. The number of carbonyl (C=O) groups is 2. The summed E-state index contributed by atoms with van der Waals surface area (Å²) < 4.78 is 4.88. The topological polar surface area (TPSA) is 66.8 Å². The number of carbonyl (C=O) groups excluding carboxylic acids is 2. The summed E-state index contributed by atoms with van der Waals surface area (Å²) in [4.78, 5) is 24.8. The Labute approximate surface area is 95.4 Å². The fraction of sp³-hybridized carbons (Fsp3) is 0.818. The van der Waals surface area contributed by atoms with Crippen molar-refractivity contribution in [1.82, 2.24) is 4.90 Å². The van der Waals surface area contributed by atoms with Gasteiger partial charge in [-0.15, -0.1) is 0 Å². The van der Waals surface area contributed by atoms with Crippen LogP contribution in [0.25, 0.3) is 0 Å². The fourth-order valence-electron chi connectivity index (χ4n) is 1.94. The Kier molecular flexibility index (Phi) is 4.89. The fourth-order valence-corrected chi connectivity index (χ4v) is 1.94. The largest absolute Gasteiger partial charge is 0.464 e. The number of ether oxygens (including phenoxy) is 1. The molecular formula is C11H19NO4. The van der Waals surface area contributed by atoms with E-state index in [4.69, 9.17) is 4.74 Å². The van der Waals surface area contributed by atoms with Gasteiger partial charge in [0.15, 0.2) is 11.8 Å². The molecule has 1 N–H and O–H groups in total. The molecule has 0 aromatic carbocycles. The molecular weight excluding hydrogens is 210 g/mol. The first kappa shape index (κ1) is 13.1. The van der Waals surface area contributed by atoms with Crippen LogP contribution in [-0.2, 0) is 14.3 Å². The molecule has 5 heteroatoms. The Balaban J connectivity index is 2.63. The minimum absolute atomic E-state index is 0.199. The molecule has 1 rings (SSSR count). The van der Waals surface area contributed by atoms with E-state index in [2.05, 4.69) is 0 Å². The molecule has 92 valence electrons. The lowest BCUT2D eigenvalue weighted by Gasteiger charge is -2.33. The number of Topliss-reactive ketones (excluding diaryl/α,β-unsaturated/α-hetero) is 1. The average Bonchev–Trinajstić information content (AvgIpc) is 2.21. The molecule has 1 atom stereocenters. The van der Waals surface area contributed by atoms with Gasteiger partial charge in [0.25, 0.3) is 0 Å². The van der Waals surface area contributed by atoms with Gasteiger partial charge in [-0.2, -0.15) is 0 Å². The van der Waals surface area contributed by atoms with Crippen LogP contribution >= 0.6 is 0 Å². The zero-order valence-corrected chi connectivity index (χ0v) is 9.81. The lowest BCUT2D eigenvalue weighted by Crippen LogP contribution is -2.50. The lowest BCUT2D eigenvalue weighted by molar-refractivity contribution is -0.154. The molecule has 0 bridgehead atoms. The molecule has 1 aliphatic rings. The van der Waals surface area contributed by atoms with E-state index in [0.717, 1.165) is 0 Å². The zero-order chi connectivity index (χ0) is 12.1. The van der Waals surface area contributed by atoms with Crippen LogP contribution in [0.15, 0.2) is 0 Å². The van der Waals surface area contributed by atoms with Gasteiger partial charge in [0.2, 0.25) is 0 Å². The third-order valence-corrected chi connectivity index (χ3v) is 2.76. The molecule has 1 saturated heterocycles. The number of esters is 1. The molecule has 1 aliphatic heterocycles. The summed E-state index contributed by atoms with van der Waals surface area (Å²) in [5.74, 6) is -0.679. The Morgan fingerprint density at radius 1 is 1.44 bits per heavy atom. The Morgan fingerprint density at radius 3 is 2.44 bits per heavy atom. The first-order chi connectivity index (χ1) is 7.56. The molecule has 1 heterocycles. The van der Waals surface area contributed by atoms with Crippen LogP contribution in [0.3, 0.4) is 0 Å². The van der Waals surface area contributed by atoms with Crippen LogP contribution < -0.4 is 0 Å². The molecule has 0 aliphatic carbocycles. The zero-order valence-electron chi connectivity index (χ0n) is 9.81. The smallest absolute Gasteiger partial charge is 0.331 e. The van der Waals surface area contributed by atoms with Crippen LogP contribution in [0.4, 0.5) is 0 Å². The predicted octanol–water partition coefficient (Wildman–Crippen LogP) is -0.0362. The highest BCUT2D eigenvalue weighted by Gasteiger charge is 2.33. The summed E-state index contributed by atoms with van der Waals surface area (Å²) in [6.07, 6.45) is 0.887. The van der Waals surface area contributed by atoms with Crippen molar-refractivity contribution < 1.29 is 19.4 Å². The van der Waals surface area contributed by atoms with Crippen molar-refractivity contribution >= 4 is 11.8 Å². The van der Waals surface area contributed by atoms with Crippen LogP contribution in [0.1, 0.15) is 26.7 Å². The van der Waals surface area contributed by atoms with E-state index in [1.54, 1.807) is 11.8 Å². The Bertz CT molecular complexity index is 259. The number of nitrogens with zero attached hydrogens (tertiary/aromatic N) is 1. The van der Waals surface area contributed by atoms with E-state index in [9.17, 15) is 14.7 Å². The van der Waals surface area contributed by atoms with Gasteiger partial charge in [-0.25, -0.2) is 4.79 Å². The van der Waals surface area contributed by atoms with E-state index in [-0.39, 0.29) is 18.5 Å². The third kappa shape index (κ3) is 3.28. The van der Waals surface area contributed by atoms with Crippen LogP contribution in [-0.4, -0.2) is 53.6 Å². The van der Waals surface area contributed by atoms with Crippen molar-refractivity contribution in [3.05, 3.63) is 0 Å². The second-order valence-corrected chi connectivity index (χ2v) is 4.03. The summed E-state index contributed by atoms with van der Waals surface area (Å²) in [5, 5.41) is 9.36. The molecule has 0 amide bonds. The SMILES string of the molecule is CCOC(=O)C(C(C)=O)N1CCC(O)CC1. The Hall–Kier alpha value is -0.940. The van der Waals surface area contributed by atoms with Gasteiger partial charge in [0.1, 0.15) is 0 Å². The van der Waals surface area contributed by atoms with Gasteiger partial charge < -0.3 is 9.84 Å². The van der Waals surface area contributed by atoms with Crippen LogP contribution in [0.2, 0.25) is 0 Å². The van der Waals surface area contributed by atoms with Gasteiger partial charge in [-0.1, -0.05) is 0 Å². The van der Waals surface area contributed by atoms with Crippen molar-refractivity contribution in [3.8, 4) is 0 Å². The number of likely N-dealkylation sites (tertiary alicyclic amines) is 1. The number of hydrogen-bond acceptors (Lipinski definition) is 5. The average molecular weight is 229 g/mol. The highest BCUT2D eigenvalue weighted by atomic mass is 16.5. The summed E-state index contributed by atoms with van der Waals surface area (Å²) in [5.41, 5.74) is 0. The van der Waals surface area contributed by atoms with Crippen molar-refractivity contribution in [1.29, 1.82) is 0 Å². The number of hydrogen-bond donors (Lipinski definition) is 1. The normalized spacial score (nSPS) is 20.4. The molecule has 0 saturated carbocycles. The maximum absolute atomic E-state index is 11.6. The van der Waals surface area contributed by atoms with Gasteiger partial charge in [-0.05, 0) is 26.7 Å². The van der Waals surface area contributed by atoms with E-state index in [1.165, 1.54) is 6.92 Å². The Morgan fingerprint density at radius 2 is 2.00 bits per heavy atom. The van der Waals surface area contributed by atoms with Crippen molar-refractivity contribution in [2.45, 2.75) is 38.8 Å². The summed E-state index contributed by atoms with van der Waals surface area (Å²) >= 11 is 0. The summed E-state index contributed by atoms with van der Waals surface area (Å²) in [6.45, 7) is 4.51. The van der Waals surface area contributed by atoms with Gasteiger partial charge in [0, 0.05) is 13.1 Å². The maximum atomic E-state index is 11.6. The van der Waals surface area contributed by atoms with E-state index >= 15 is 0 Å². The van der Waals surface area contributed by atoms with E-state index in [0.29, 0.717) is 25.9 Å². The number of ketones is 1. The van der Waals surface area contributed by atoms with Crippen LogP contribution in [0, 0.1) is 0 Å². The second-order valence-electron chi connectivity index (χ2n) is 4.03. The number of rotatable bonds is 4. The predicted molar refractivity (Wildman–Crippen MR) is 57.9 cm³/mol. The highest BCUT2D eigenvalue weighted by molar-refractivity contribution is 6.01. The number of aliphatic hydroxyl groups excluding tert-OH is 1. The molecule has 0 radical (unpaired) electrons. The molecule has 5 nitrogen and oxygen atoms in total. The van der Waals surface area contributed by atoms with Crippen molar-refractivity contribution in [3.63, 3.8) is 0 Å². The molecule has 0 aromatic heterocycles. The lowest BCUT2D eigenvalue weighted by atomic mass is 10.0. The van der Waals surface area contributed by atoms with Crippen molar-refractivity contribution in [2.75, 3.05) is 19.7 Å². The molecule has 1 fully saturated rings. The van der Waals surface area contributed by atoms with E-state index < -0.39 is 12.0 Å². The summed E-state index contributed by atoms with van der Waals surface area (Å²) in [6, 6.07) is -0.799. The number of piperidine rings is 1. The van der Waals surface area contributed by atoms with Crippen molar-refractivity contribution in [2.24, 2.45) is 0 Å². The van der Waals surface area contributed by atoms with Crippen LogP contribution in [0.5, 0.6) is 0 Å². The quantitative estimate of drug-likeness (QED) is 0.541. The molecule has 0 aromatic rings. The van der Waals surface area contributed by atoms with E-state index in [1.807, 2.05) is 0 Å². The standard InChI is InChI=1S/C11H19NO4/c1-3-16-11(15)10(8(2)13)12-6-4-9(14)5-7-12/h9-10,14H,3-7H2,1-2H3. The monoisotopic (exact) mass is 229 g/mol. The second kappa shape index (κ2) is 5.96. The minimum atomic E-state index is -0.799. The first-order valence-electron chi connectivity index (χ1n) is 5.65. The third-order valence-electron chi connectivity index (χ3n) is 2.76. The van der Waals surface area contributed by atoms with Gasteiger partial charge in [0.05, 0.1) is 12.7 Å². The highest BCUT2D eigenvalue weighted by Crippen LogP contribution is 2.14. The van der Waals surface area contributed by atoms with Gasteiger partial charge in [-0.3, -0.25) is 9.69 Å². The molecule has 16 heavy (non-hydrogen) atoms. The number of aliphatic hydroxyl groups is 1. The summed E-state index contributed by atoms with van der Waals surface area (Å²) in [7, 11) is 0. The molecule has 0 spiro atoms.